The molecule has 0 unspecified atom stereocenters. The Morgan fingerprint density at radius 3 is 2.62 bits per heavy atom. The van der Waals surface area contributed by atoms with Crippen LogP contribution in [0.15, 0.2) is 47.1 Å². The zero-order chi connectivity index (χ0) is 14.8. The maximum absolute atomic E-state index is 4.44. The molecule has 1 aromatic carbocycles. The van der Waals surface area contributed by atoms with Crippen molar-refractivity contribution in [2.24, 2.45) is 0 Å². The third kappa shape index (κ3) is 3.05. The van der Waals surface area contributed by atoms with E-state index < -0.39 is 0 Å². The summed E-state index contributed by atoms with van der Waals surface area (Å²) in [5.41, 5.74) is 2.55. The predicted octanol–water partition coefficient (Wildman–Crippen LogP) is 4.27. The Bertz CT molecular complexity index is 621. The summed E-state index contributed by atoms with van der Waals surface area (Å²) in [7, 11) is 4.05. The first-order valence-electron chi connectivity index (χ1n) is 7.28. The fourth-order valence-electron chi connectivity index (χ4n) is 2.88. The van der Waals surface area contributed by atoms with Crippen molar-refractivity contribution >= 4 is 27.4 Å². The van der Waals surface area contributed by atoms with Crippen LogP contribution in [0.1, 0.15) is 24.3 Å². The highest BCUT2D eigenvalue weighted by molar-refractivity contribution is 9.10. The quantitative estimate of drug-likeness (QED) is 0.896. The van der Waals surface area contributed by atoms with Crippen LogP contribution in [0.5, 0.6) is 0 Å². The molecule has 1 aliphatic rings. The van der Waals surface area contributed by atoms with Crippen LogP contribution < -0.4 is 10.2 Å². The van der Waals surface area contributed by atoms with Gasteiger partial charge in [0.25, 0.3) is 0 Å². The largest absolute Gasteiger partial charge is 0.379 e. The first-order valence-corrected chi connectivity index (χ1v) is 8.07. The van der Waals surface area contributed by atoms with Gasteiger partial charge < -0.3 is 10.2 Å². The number of nitrogens with zero attached hydrogens (tertiary/aromatic N) is 2. The molecule has 1 fully saturated rings. The third-order valence-corrected chi connectivity index (χ3v) is 4.78. The number of hydrogen-bond donors (Lipinski definition) is 1. The smallest absolute Gasteiger partial charge is 0.151 e. The maximum atomic E-state index is 4.44. The van der Waals surface area contributed by atoms with E-state index in [-0.39, 0.29) is 0 Å². The SMILES string of the molecule is CN(C)c1ncccc1NC1CC(c2ccccc2Br)C1. The second-order valence-electron chi connectivity index (χ2n) is 5.80. The van der Waals surface area contributed by atoms with E-state index in [1.807, 2.05) is 31.3 Å². The lowest BCUT2D eigenvalue weighted by molar-refractivity contribution is 0.373. The number of nitrogens with one attached hydrogen (secondary N) is 1. The van der Waals surface area contributed by atoms with Crippen LogP contribution in [-0.2, 0) is 0 Å². The second kappa shape index (κ2) is 6.06. The summed E-state index contributed by atoms with van der Waals surface area (Å²) < 4.78 is 1.23. The molecule has 3 nitrogen and oxygen atoms in total. The monoisotopic (exact) mass is 345 g/mol. The fraction of sp³-hybridized carbons (Fsp3) is 0.353. The minimum atomic E-state index is 0.532. The van der Waals surface area contributed by atoms with Crippen LogP contribution in [0, 0.1) is 0 Å². The van der Waals surface area contributed by atoms with Gasteiger partial charge in [-0.1, -0.05) is 34.1 Å². The van der Waals surface area contributed by atoms with Gasteiger partial charge in [0.05, 0.1) is 5.69 Å². The Morgan fingerprint density at radius 2 is 1.90 bits per heavy atom. The van der Waals surface area contributed by atoms with Gasteiger partial charge in [0.15, 0.2) is 5.82 Å². The minimum absolute atomic E-state index is 0.532. The number of benzene rings is 1. The molecule has 0 spiro atoms. The van der Waals surface area contributed by atoms with Crippen LogP contribution in [0.25, 0.3) is 0 Å². The molecular weight excluding hydrogens is 326 g/mol. The number of halogens is 1. The lowest BCUT2D eigenvalue weighted by Gasteiger charge is -2.37. The van der Waals surface area contributed by atoms with E-state index in [0.29, 0.717) is 12.0 Å². The van der Waals surface area contributed by atoms with E-state index in [4.69, 9.17) is 0 Å². The average Bonchev–Trinajstić information content (AvgIpc) is 2.44. The summed E-state index contributed by atoms with van der Waals surface area (Å²) in [6.07, 6.45) is 4.18. The molecule has 3 rings (SSSR count). The van der Waals surface area contributed by atoms with E-state index in [9.17, 15) is 0 Å². The molecular formula is C17H20BrN3. The molecule has 0 amide bonds. The lowest BCUT2D eigenvalue weighted by atomic mass is 9.76. The molecule has 2 aromatic rings. The number of rotatable bonds is 4. The predicted molar refractivity (Wildman–Crippen MR) is 92.1 cm³/mol. The van der Waals surface area contributed by atoms with Crippen LogP contribution in [-0.4, -0.2) is 25.1 Å². The zero-order valence-electron chi connectivity index (χ0n) is 12.4. The fourth-order valence-corrected chi connectivity index (χ4v) is 3.49. The van der Waals surface area contributed by atoms with Crippen LogP contribution >= 0.6 is 15.9 Å². The Balaban J connectivity index is 1.64. The molecule has 1 heterocycles. The van der Waals surface area contributed by atoms with Gasteiger partial charge >= 0.3 is 0 Å². The molecule has 0 bridgehead atoms. The molecule has 0 aliphatic heterocycles. The molecule has 0 saturated heterocycles. The van der Waals surface area contributed by atoms with Gasteiger partial charge in [0.1, 0.15) is 0 Å². The molecule has 0 atom stereocenters. The van der Waals surface area contributed by atoms with Crippen molar-refractivity contribution < 1.29 is 0 Å². The Hall–Kier alpha value is -1.55. The lowest BCUT2D eigenvalue weighted by Crippen LogP contribution is -2.34. The van der Waals surface area contributed by atoms with E-state index in [1.165, 1.54) is 22.9 Å². The summed E-state index contributed by atoms with van der Waals surface area (Å²) >= 11 is 3.65. The highest BCUT2D eigenvalue weighted by Gasteiger charge is 2.31. The standard InChI is InChI=1S/C17H20BrN3/c1-21(2)17-16(8-5-9-19-17)20-13-10-12(11-13)14-6-3-4-7-15(14)18/h3-9,12-13,20H,10-11H2,1-2H3. The van der Waals surface area contributed by atoms with Crippen molar-refractivity contribution in [1.82, 2.24) is 4.98 Å². The molecule has 1 aliphatic carbocycles. The molecule has 21 heavy (non-hydrogen) atoms. The van der Waals surface area contributed by atoms with E-state index in [0.717, 1.165) is 11.5 Å². The molecule has 0 radical (unpaired) electrons. The van der Waals surface area contributed by atoms with Gasteiger partial charge in [-0.2, -0.15) is 0 Å². The second-order valence-corrected chi connectivity index (χ2v) is 6.65. The molecule has 110 valence electrons. The summed E-state index contributed by atoms with van der Waals surface area (Å²) in [6, 6.07) is 13.2. The van der Waals surface area contributed by atoms with Gasteiger partial charge in [0.2, 0.25) is 0 Å². The van der Waals surface area contributed by atoms with E-state index >= 15 is 0 Å². The summed E-state index contributed by atoms with van der Waals surface area (Å²) in [5.74, 6) is 1.65. The van der Waals surface area contributed by atoms with Gasteiger partial charge in [-0.3, -0.25) is 0 Å². The van der Waals surface area contributed by atoms with Crippen molar-refractivity contribution in [3.05, 3.63) is 52.6 Å². The average molecular weight is 346 g/mol. The van der Waals surface area contributed by atoms with Crippen LogP contribution in [0.3, 0.4) is 0 Å². The van der Waals surface area contributed by atoms with Gasteiger partial charge in [-0.25, -0.2) is 4.98 Å². The number of aromatic nitrogens is 1. The van der Waals surface area contributed by atoms with Crippen LogP contribution in [0.4, 0.5) is 11.5 Å². The minimum Gasteiger partial charge on any atom is -0.379 e. The highest BCUT2D eigenvalue weighted by atomic mass is 79.9. The van der Waals surface area contributed by atoms with E-state index in [2.05, 4.69) is 56.6 Å². The molecule has 1 aromatic heterocycles. The Kier molecular flexibility index (Phi) is 4.15. The Morgan fingerprint density at radius 1 is 1.14 bits per heavy atom. The molecule has 1 saturated carbocycles. The van der Waals surface area contributed by atoms with Crippen LogP contribution in [0.2, 0.25) is 0 Å². The Labute approximate surface area is 134 Å². The van der Waals surface area contributed by atoms with Crippen molar-refractivity contribution in [2.75, 3.05) is 24.3 Å². The number of pyridine rings is 1. The van der Waals surface area contributed by atoms with Crippen molar-refractivity contribution in [3.63, 3.8) is 0 Å². The third-order valence-electron chi connectivity index (χ3n) is 4.05. The van der Waals surface area contributed by atoms with Crippen molar-refractivity contribution in [3.8, 4) is 0 Å². The van der Waals surface area contributed by atoms with Gasteiger partial charge in [-0.05, 0) is 42.5 Å². The van der Waals surface area contributed by atoms with E-state index in [1.54, 1.807) is 0 Å². The topological polar surface area (TPSA) is 28.2 Å². The van der Waals surface area contributed by atoms with Crippen molar-refractivity contribution in [1.29, 1.82) is 0 Å². The number of hydrogen-bond acceptors (Lipinski definition) is 3. The van der Waals surface area contributed by atoms with Gasteiger partial charge in [0, 0.05) is 30.8 Å². The molecule has 1 N–H and O–H groups in total. The number of anilines is 2. The maximum Gasteiger partial charge on any atom is 0.151 e. The zero-order valence-corrected chi connectivity index (χ0v) is 14.0. The summed E-state index contributed by atoms with van der Waals surface area (Å²) in [4.78, 5) is 6.48. The van der Waals surface area contributed by atoms with Gasteiger partial charge in [-0.15, -0.1) is 0 Å². The summed E-state index contributed by atoms with van der Waals surface area (Å²) in [6.45, 7) is 0. The highest BCUT2D eigenvalue weighted by Crippen LogP contribution is 2.41. The first-order chi connectivity index (χ1) is 10.1. The first kappa shape index (κ1) is 14.4. The molecule has 4 heteroatoms. The summed E-state index contributed by atoms with van der Waals surface area (Å²) in [5, 5.41) is 3.63. The van der Waals surface area contributed by atoms with Crippen molar-refractivity contribution in [2.45, 2.75) is 24.8 Å². The normalized spacial score (nSPS) is 20.7.